The average molecular weight is 426 g/mol. The van der Waals surface area contributed by atoms with Crippen molar-refractivity contribution in [2.45, 2.75) is 96.0 Å². The maximum Gasteiger partial charge on any atom is 0.309 e. The lowest BCUT2D eigenvalue weighted by Gasteiger charge is -2.31. The van der Waals surface area contributed by atoms with Crippen LogP contribution in [-0.2, 0) is 16.0 Å². The number of ether oxygens (including phenoxy) is 1. The fraction of sp³-hybridized carbons (Fsp3) is 0.630. The van der Waals surface area contributed by atoms with Gasteiger partial charge in [0.2, 0.25) is 0 Å². The molecule has 2 aliphatic rings. The molecule has 0 saturated heterocycles. The summed E-state index contributed by atoms with van der Waals surface area (Å²) in [4.78, 5) is 12.7. The summed E-state index contributed by atoms with van der Waals surface area (Å²) in [6.45, 7) is 2.21. The third-order valence-electron chi connectivity index (χ3n) is 7.13. The van der Waals surface area contributed by atoms with Crippen LogP contribution in [-0.4, -0.2) is 12.1 Å². The first-order valence-corrected chi connectivity index (χ1v) is 12.1. The van der Waals surface area contributed by atoms with Gasteiger partial charge < -0.3 is 4.74 Å². The van der Waals surface area contributed by atoms with E-state index in [0.29, 0.717) is 18.3 Å². The number of carbonyl (C=O) groups is 1. The first-order chi connectivity index (χ1) is 15.1. The zero-order valence-electron chi connectivity index (χ0n) is 18.8. The van der Waals surface area contributed by atoms with Crippen molar-refractivity contribution in [1.82, 2.24) is 0 Å². The lowest BCUT2D eigenvalue weighted by Crippen LogP contribution is -2.29. The molecule has 0 spiro atoms. The molecule has 3 nitrogen and oxygen atoms in total. The van der Waals surface area contributed by atoms with Gasteiger partial charge in [0.05, 0.1) is 5.92 Å². The summed E-state index contributed by atoms with van der Waals surface area (Å²) in [5.41, 5.74) is 2.82. The molecule has 1 aromatic rings. The quantitative estimate of drug-likeness (QED) is 0.328. The van der Waals surface area contributed by atoms with Gasteiger partial charge in [-0.1, -0.05) is 37.6 Å². The third-order valence-corrected chi connectivity index (χ3v) is 7.13. The van der Waals surface area contributed by atoms with E-state index in [1.165, 1.54) is 29.7 Å². The lowest BCUT2D eigenvalue weighted by molar-refractivity contribution is -0.157. The number of esters is 1. The second-order valence-corrected chi connectivity index (χ2v) is 9.36. The Labute approximate surface area is 186 Å². The van der Waals surface area contributed by atoms with Crippen LogP contribution in [0.4, 0.5) is 4.39 Å². The first kappa shape index (κ1) is 23.5. The van der Waals surface area contributed by atoms with E-state index in [2.05, 4.69) is 31.2 Å². The molecule has 0 amide bonds. The van der Waals surface area contributed by atoms with Gasteiger partial charge in [0.1, 0.15) is 12.2 Å². The molecule has 31 heavy (non-hydrogen) atoms. The Bertz CT molecular complexity index is 763. The van der Waals surface area contributed by atoms with Crippen molar-refractivity contribution in [2.75, 3.05) is 0 Å². The Balaban J connectivity index is 1.36. The van der Waals surface area contributed by atoms with Crippen molar-refractivity contribution in [3.05, 3.63) is 47.3 Å². The summed E-state index contributed by atoms with van der Waals surface area (Å²) in [5, 5.41) is 8.46. The first-order valence-electron chi connectivity index (χ1n) is 12.1. The smallest absolute Gasteiger partial charge is 0.309 e. The van der Waals surface area contributed by atoms with Crippen LogP contribution in [0.2, 0.25) is 0 Å². The van der Waals surface area contributed by atoms with E-state index < -0.39 is 5.83 Å². The molecular weight excluding hydrogens is 389 g/mol. The van der Waals surface area contributed by atoms with Crippen LogP contribution in [0.25, 0.3) is 0 Å². The summed E-state index contributed by atoms with van der Waals surface area (Å²) in [7, 11) is 0. The minimum absolute atomic E-state index is 0.000724. The molecule has 4 heteroatoms. The number of nitriles is 1. The largest absolute Gasteiger partial charge is 0.462 e. The molecular formula is C27H36FNO2. The van der Waals surface area contributed by atoms with E-state index in [0.717, 1.165) is 64.2 Å². The number of allylic oxidation sites excluding steroid dienone is 2. The highest BCUT2D eigenvalue weighted by Gasteiger charge is 2.31. The highest BCUT2D eigenvalue weighted by Crippen LogP contribution is 2.37. The van der Waals surface area contributed by atoms with Crippen molar-refractivity contribution in [3.63, 3.8) is 0 Å². The Morgan fingerprint density at radius 2 is 1.77 bits per heavy atom. The molecule has 3 rings (SSSR count). The van der Waals surface area contributed by atoms with Gasteiger partial charge >= 0.3 is 5.97 Å². The maximum atomic E-state index is 12.9. The van der Waals surface area contributed by atoms with Gasteiger partial charge in [-0.05, 0) is 99.7 Å². The van der Waals surface area contributed by atoms with Crippen LogP contribution in [0, 0.1) is 23.2 Å². The molecule has 0 N–H and O–H groups in total. The molecule has 2 fully saturated rings. The minimum atomic E-state index is -0.689. The highest BCUT2D eigenvalue weighted by atomic mass is 19.1. The summed E-state index contributed by atoms with van der Waals surface area (Å²) in [6.07, 6.45) is 13.0. The van der Waals surface area contributed by atoms with Crippen LogP contribution >= 0.6 is 0 Å². The number of benzene rings is 1. The average Bonchev–Trinajstić information content (AvgIpc) is 2.81. The number of rotatable bonds is 8. The fourth-order valence-corrected chi connectivity index (χ4v) is 5.20. The van der Waals surface area contributed by atoms with Gasteiger partial charge in [0, 0.05) is 0 Å². The van der Waals surface area contributed by atoms with E-state index in [-0.39, 0.29) is 18.0 Å². The van der Waals surface area contributed by atoms with Gasteiger partial charge in [-0.3, -0.25) is 4.79 Å². The Morgan fingerprint density at radius 3 is 2.39 bits per heavy atom. The Kier molecular flexibility index (Phi) is 9.13. The van der Waals surface area contributed by atoms with E-state index >= 15 is 0 Å². The number of hydrogen-bond acceptors (Lipinski definition) is 3. The van der Waals surface area contributed by atoms with Gasteiger partial charge in [-0.15, -0.1) is 0 Å². The highest BCUT2D eigenvalue weighted by molar-refractivity contribution is 5.72. The van der Waals surface area contributed by atoms with Gasteiger partial charge in [0.15, 0.2) is 5.83 Å². The summed E-state index contributed by atoms with van der Waals surface area (Å²) >= 11 is 0. The van der Waals surface area contributed by atoms with Crippen molar-refractivity contribution in [1.29, 1.82) is 5.26 Å². The number of halogens is 1. The van der Waals surface area contributed by atoms with Crippen LogP contribution in [0.3, 0.4) is 0 Å². The van der Waals surface area contributed by atoms with Crippen LogP contribution in [0.15, 0.2) is 36.2 Å². The normalized spacial score (nSPS) is 26.8. The lowest BCUT2D eigenvalue weighted by atomic mass is 9.78. The van der Waals surface area contributed by atoms with Crippen LogP contribution in [0.5, 0.6) is 0 Å². The molecule has 0 aliphatic heterocycles. The second kappa shape index (κ2) is 12.0. The van der Waals surface area contributed by atoms with Gasteiger partial charge in [-0.25, -0.2) is 0 Å². The van der Waals surface area contributed by atoms with Crippen molar-refractivity contribution in [2.24, 2.45) is 11.8 Å². The molecule has 0 heterocycles. The number of aryl methyl sites for hydroxylation is 1. The molecule has 168 valence electrons. The third kappa shape index (κ3) is 7.20. The Morgan fingerprint density at radius 1 is 1.10 bits per heavy atom. The number of nitrogens with zero attached hydrogens (tertiary/aromatic N) is 1. The standard InChI is InChI=1S/C27H36FNO2/c1-2-4-20-7-11-22(12-8-20)23-13-15-24(16-14-23)27(30)31-26-17-9-21(10-18-26)5-3-6-25(28)19-29/h6-8,11-12,21,23-24,26H,2-5,9-10,13-18H2,1H3. The SMILES string of the molecule is CCCc1ccc(C2CCC(C(=O)OC3CCC(CCC=C(F)C#N)CC3)CC2)cc1. The molecule has 0 unspecified atom stereocenters. The van der Waals surface area contributed by atoms with E-state index in [9.17, 15) is 9.18 Å². The number of carbonyl (C=O) groups excluding carboxylic acids is 1. The maximum absolute atomic E-state index is 12.9. The fourth-order valence-electron chi connectivity index (χ4n) is 5.20. The van der Waals surface area contributed by atoms with Crippen LogP contribution < -0.4 is 0 Å². The predicted molar refractivity (Wildman–Crippen MR) is 121 cm³/mol. The monoisotopic (exact) mass is 425 g/mol. The zero-order chi connectivity index (χ0) is 22.1. The van der Waals surface area contributed by atoms with Crippen molar-refractivity contribution in [3.8, 4) is 6.07 Å². The number of hydrogen-bond donors (Lipinski definition) is 0. The molecule has 2 saturated carbocycles. The predicted octanol–water partition coefficient (Wildman–Crippen LogP) is 7.17. The van der Waals surface area contributed by atoms with Crippen LogP contribution in [0.1, 0.15) is 94.6 Å². The molecule has 1 aromatic carbocycles. The summed E-state index contributed by atoms with van der Waals surface area (Å²) < 4.78 is 18.7. The van der Waals surface area contributed by atoms with Crippen molar-refractivity contribution >= 4 is 5.97 Å². The van der Waals surface area contributed by atoms with Crippen molar-refractivity contribution < 1.29 is 13.9 Å². The van der Waals surface area contributed by atoms with Gasteiger partial charge in [0.25, 0.3) is 0 Å². The molecule has 2 aliphatic carbocycles. The topological polar surface area (TPSA) is 50.1 Å². The zero-order valence-corrected chi connectivity index (χ0v) is 18.8. The van der Waals surface area contributed by atoms with E-state index in [1.807, 2.05) is 0 Å². The molecule has 0 bridgehead atoms. The molecule has 0 aromatic heterocycles. The summed E-state index contributed by atoms with van der Waals surface area (Å²) in [5.74, 6) is 0.462. The van der Waals surface area contributed by atoms with Gasteiger partial charge in [-0.2, -0.15) is 9.65 Å². The summed E-state index contributed by atoms with van der Waals surface area (Å²) in [6, 6.07) is 10.6. The molecule has 0 radical (unpaired) electrons. The van der Waals surface area contributed by atoms with E-state index in [4.69, 9.17) is 10.00 Å². The Hall–Kier alpha value is -2.15. The minimum Gasteiger partial charge on any atom is -0.462 e. The molecule has 0 atom stereocenters. The second-order valence-electron chi connectivity index (χ2n) is 9.36. The van der Waals surface area contributed by atoms with E-state index in [1.54, 1.807) is 0 Å².